The minimum Gasteiger partial charge on any atom is -0.357 e. The lowest BCUT2D eigenvalue weighted by molar-refractivity contribution is -0.142. The molecule has 1 rings (SSSR count). The molecule has 2 N–H and O–H groups in total. The predicted octanol–water partition coefficient (Wildman–Crippen LogP) is 1.35. The number of sulfonamides is 1. The second-order valence-electron chi connectivity index (χ2n) is 6.38. The van der Waals surface area contributed by atoms with Crippen LogP contribution < -0.4 is 10.6 Å². The van der Waals surface area contributed by atoms with Crippen molar-refractivity contribution >= 4 is 16.0 Å². The van der Waals surface area contributed by atoms with Gasteiger partial charge in [0.15, 0.2) is 5.96 Å². The summed E-state index contributed by atoms with van der Waals surface area (Å²) in [5.41, 5.74) is -5.33. The van der Waals surface area contributed by atoms with E-state index in [1.807, 2.05) is 0 Å². The molecule has 28 heavy (non-hydrogen) atoms. The van der Waals surface area contributed by atoms with Crippen LogP contribution in [0.3, 0.4) is 0 Å². The Morgan fingerprint density at radius 3 is 2.21 bits per heavy atom. The van der Waals surface area contributed by atoms with Gasteiger partial charge in [0.1, 0.15) is 0 Å². The molecule has 0 aromatic carbocycles. The van der Waals surface area contributed by atoms with Gasteiger partial charge in [-0.3, -0.25) is 9.89 Å². The van der Waals surface area contributed by atoms with Gasteiger partial charge in [-0.25, -0.2) is 8.42 Å². The first-order valence-electron chi connectivity index (χ1n) is 8.63. The van der Waals surface area contributed by atoms with Crippen molar-refractivity contribution in [1.29, 1.82) is 0 Å². The summed E-state index contributed by atoms with van der Waals surface area (Å²) in [6.45, 7) is 0.789. The third-order valence-electron chi connectivity index (χ3n) is 3.97. The van der Waals surface area contributed by atoms with Gasteiger partial charge < -0.3 is 10.6 Å². The summed E-state index contributed by atoms with van der Waals surface area (Å²) in [6.07, 6.45) is -4.01. The Morgan fingerprint density at radius 1 is 1.18 bits per heavy atom. The fraction of sp³-hybridized carbons (Fsp3) is 0.929. The van der Waals surface area contributed by atoms with Gasteiger partial charge in [-0.05, 0) is 26.8 Å². The molecular formula is C14H25F6N5O2S. The molecule has 1 fully saturated rings. The Bertz CT molecular complexity index is 615. The summed E-state index contributed by atoms with van der Waals surface area (Å²) in [6, 6.07) is -0.301. The number of hydrogen-bond acceptors (Lipinski definition) is 4. The molecule has 1 saturated heterocycles. The highest BCUT2D eigenvalue weighted by atomic mass is 32.2. The fourth-order valence-corrected chi connectivity index (χ4v) is 3.60. The third-order valence-corrected chi connectivity index (χ3v) is 5.60. The smallest absolute Gasteiger partial charge is 0.357 e. The van der Waals surface area contributed by atoms with E-state index in [4.69, 9.17) is 0 Å². The van der Waals surface area contributed by atoms with Crippen LogP contribution in [0.4, 0.5) is 26.3 Å². The van der Waals surface area contributed by atoms with Gasteiger partial charge in [-0.15, -0.1) is 0 Å². The van der Waals surface area contributed by atoms with E-state index in [-0.39, 0.29) is 45.1 Å². The molecule has 0 amide bonds. The number of guanidine groups is 1. The van der Waals surface area contributed by atoms with Crippen LogP contribution in [0, 0.1) is 0 Å². The van der Waals surface area contributed by atoms with Gasteiger partial charge in [0.05, 0.1) is 13.1 Å². The molecule has 14 heteroatoms. The molecule has 0 atom stereocenters. The number of halogens is 6. The molecule has 1 heterocycles. The minimum absolute atomic E-state index is 0.0678. The summed E-state index contributed by atoms with van der Waals surface area (Å²) in [4.78, 5) is 5.24. The maximum Gasteiger partial charge on any atom is 0.511 e. The van der Waals surface area contributed by atoms with Crippen molar-refractivity contribution in [1.82, 2.24) is 19.8 Å². The molecule has 1 aliphatic rings. The lowest BCUT2D eigenvalue weighted by Gasteiger charge is -2.32. The summed E-state index contributed by atoms with van der Waals surface area (Å²) >= 11 is 0. The van der Waals surface area contributed by atoms with Crippen LogP contribution >= 0.6 is 0 Å². The van der Waals surface area contributed by atoms with Crippen molar-refractivity contribution in [2.45, 2.75) is 37.5 Å². The standard InChI is InChI=1S/C14H25F6N5O2S/c1-3-21-12(22-6-9-24(2)10-13(15,16)17)23-11-4-7-25(8-5-11)28(26,27)14(18,19)20/h11H,3-10H2,1-2H3,(H2,21,22,23). The number of nitrogens with zero attached hydrogens (tertiary/aromatic N) is 3. The summed E-state index contributed by atoms with van der Waals surface area (Å²) in [5, 5.41) is 5.89. The zero-order valence-corrected chi connectivity index (χ0v) is 16.4. The molecule has 0 aromatic rings. The number of hydrogen-bond donors (Lipinski definition) is 2. The van der Waals surface area contributed by atoms with Crippen molar-refractivity contribution < 1.29 is 34.8 Å². The first-order chi connectivity index (χ1) is 12.8. The Labute approximate surface area is 160 Å². The zero-order chi connectivity index (χ0) is 21.6. The summed E-state index contributed by atoms with van der Waals surface area (Å²) < 4.78 is 97.8. The van der Waals surface area contributed by atoms with Crippen molar-refractivity contribution in [2.75, 3.05) is 46.3 Å². The predicted molar refractivity (Wildman–Crippen MR) is 92.2 cm³/mol. The Morgan fingerprint density at radius 2 is 1.75 bits per heavy atom. The van der Waals surface area contributed by atoms with E-state index in [1.165, 1.54) is 7.05 Å². The highest BCUT2D eigenvalue weighted by molar-refractivity contribution is 7.90. The van der Waals surface area contributed by atoms with Crippen LogP contribution in [0.15, 0.2) is 4.99 Å². The zero-order valence-electron chi connectivity index (χ0n) is 15.6. The minimum atomic E-state index is -5.34. The van der Waals surface area contributed by atoms with Crippen LogP contribution in [-0.4, -0.2) is 87.6 Å². The van der Waals surface area contributed by atoms with Crippen LogP contribution in [0.25, 0.3) is 0 Å². The van der Waals surface area contributed by atoms with E-state index < -0.39 is 28.3 Å². The molecule has 0 spiro atoms. The number of piperidine rings is 1. The average Bonchev–Trinajstić information content (AvgIpc) is 2.52. The molecule has 0 unspecified atom stereocenters. The molecule has 166 valence electrons. The molecule has 1 aliphatic heterocycles. The highest BCUT2D eigenvalue weighted by Crippen LogP contribution is 2.28. The molecule has 0 radical (unpaired) electrons. The molecule has 0 aromatic heterocycles. The summed E-state index contributed by atoms with van der Waals surface area (Å²) in [7, 11) is -4.02. The number of nitrogens with one attached hydrogen (secondary N) is 2. The van der Waals surface area contributed by atoms with Gasteiger partial charge >= 0.3 is 21.7 Å². The van der Waals surface area contributed by atoms with Crippen LogP contribution in [-0.2, 0) is 10.0 Å². The Balaban J connectivity index is 2.55. The van der Waals surface area contributed by atoms with E-state index in [0.29, 0.717) is 16.8 Å². The third kappa shape index (κ3) is 7.99. The quantitative estimate of drug-likeness (QED) is 0.354. The van der Waals surface area contributed by atoms with Gasteiger partial charge in [0.2, 0.25) is 0 Å². The largest absolute Gasteiger partial charge is 0.511 e. The van der Waals surface area contributed by atoms with Gasteiger partial charge in [-0.2, -0.15) is 30.6 Å². The first-order valence-corrected chi connectivity index (χ1v) is 10.1. The summed E-state index contributed by atoms with van der Waals surface area (Å²) in [5.74, 6) is 0.319. The lowest BCUT2D eigenvalue weighted by atomic mass is 10.1. The first kappa shape index (κ1) is 24.8. The maximum atomic E-state index is 12.6. The van der Waals surface area contributed by atoms with Crippen LogP contribution in [0.5, 0.6) is 0 Å². The number of aliphatic imine (C=N–C) groups is 1. The Hall–Kier alpha value is -1.28. The molecular weight excluding hydrogens is 416 g/mol. The maximum absolute atomic E-state index is 12.6. The van der Waals surface area contributed by atoms with Crippen LogP contribution in [0.1, 0.15) is 19.8 Å². The van der Waals surface area contributed by atoms with Gasteiger partial charge in [-0.1, -0.05) is 0 Å². The lowest BCUT2D eigenvalue weighted by Crippen LogP contribution is -2.51. The SMILES string of the molecule is CCNC(=NCCN(C)CC(F)(F)F)NC1CCN(S(=O)(=O)C(F)(F)F)CC1. The van der Waals surface area contributed by atoms with E-state index in [0.717, 1.165) is 4.90 Å². The molecule has 0 bridgehead atoms. The average molecular weight is 441 g/mol. The van der Waals surface area contributed by atoms with E-state index >= 15 is 0 Å². The molecule has 0 aliphatic carbocycles. The van der Waals surface area contributed by atoms with Gasteiger partial charge in [0.25, 0.3) is 0 Å². The van der Waals surface area contributed by atoms with Crippen molar-refractivity contribution in [2.24, 2.45) is 4.99 Å². The molecule has 0 saturated carbocycles. The van der Waals surface area contributed by atoms with E-state index in [9.17, 15) is 34.8 Å². The second kappa shape index (κ2) is 9.96. The fourth-order valence-electron chi connectivity index (χ4n) is 2.62. The van der Waals surface area contributed by atoms with E-state index in [1.54, 1.807) is 6.92 Å². The normalized spacial score (nSPS) is 18.5. The highest BCUT2D eigenvalue weighted by Gasteiger charge is 2.50. The van der Waals surface area contributed by atoms with Crippen LogP contribution in [0.2, 0.25) is 0 Å². The second-order valence-corrected chi connectivity index (χ2v) is 8.31. The monoisotopic (exact) mass is 441 g/mol. The van der Waals surface area contributed by atoms with Crippen molar-refractivity contribution in [3.63, 3.8) is 0 Å². The number of rotatable bonds is 7. The molecule has 7 nitrogen and oxygen atoms in total. The topological polar surface area (TPSA) is 77.0 Å². The van der Waals surface area contributed by atoms with Crippen molar-refractivity contribution in [3.8, 4) is 0 Å². The van der Waals surface area contributed by atoms with Gasteiger partial charge in [0, 0.05) is 32.2 Å². The Kier molecular flexibility index (Phi) is 8.81. The number of alkyl halides is 6. The van der Waals surface area contributed by atoms with E-state index in [2.05, 4.69) is 15.6 Å². The number of likely N-dealkylation sites (N-methyl/N-ethyl adjacent to an activating group) is 1. The van der Waals surface area contributed by atoms with Crippen molar-refractivity contribution in [3.05, 3.63) is 0 Å².